The van der Waals surface area contributed by atoms with Gasteiger partial charge >= 0.3 is 0 Å². The lowest BCUT2D eigenvalue weighted by molar-refractivity contribution is 0.103. The van der Waals surface area contributed by atoms with Crippen molar-refractivity contribution in [3.05, 3.63) is 89.6 Å². The summed E-state index contributed by atoms with van der Waals surface area (Å²) in [7, 11) is 0. The van der Waals surface area contributed by atoms with Crippen molar-refractivity contribution in [2.45, 2.75) is 39.2 Å². The maximum Gasteiger partial charge on any atom is 0.161 e. The SMILES string of the molecule is C=CCC[C@@H](O)CN1CCN(c2nc(-c3ccccc3)nc(C)c2Cc2cccc(C)c2)CC1. The van der Waals surface area contributed by atoms with Gasteiger partial charge in [0.1, 0.15) is 5.82 Å². The van der Waals surface area contributed by atoms with Crippen molar-refractivity contribution < 1.29 is 5.11 Å². The Morgan fingerprint density at radius 3 is 2.47 bits per heavy atom. The summed E-state index contributed by atoms with van der Waals surface area (Å²) >= 11 is 0. The number of hydrogen-bond donors (Lipinski definition) is 1. The average Bonchev–Trinajstić information content (AvgIpc) is 2.85. The third kappa shape index (κ3) is 6.10. The molecule has 0 amide bonds. The maximum atomic E-state index is 10.3. The van der Waals surface area contributed by atoms with Crippen molar-refractivity contribution in [2.75, 3.05) is 37.6 Å². The highest BCUT2D eigenvalue weighted by molar-refractivity contribution is 5.61. The van der Waals surface area contributed by atoms with E-state index in [1.807, 2.05) is 24.3 Å². The fraction of sp³-hybridized carbons (Fsp3) is 0.379. The molecule has 0 saturated carbocycles. The van der Waals surface area contributed by atoms with Crippen molar-refractivity contribution in [1.82, 2.24) is 14.9 Å². The lowest BCUT2D eigenvalue weighted by atomic mass is 10.0. The quantitative estimate of drug-likeness (QED) is 0.469. The fourth-order valence-corrected chi connectivity index (χ4v) is 4.63. The topological polar surface area (TPSA) is 52.5 Å². The molecule has 1 saturated heterocycles. The molecule has 0 bridgehead atoms. The molecule has 3 aromatic rings. The first-order chi connectivity index (χ1) is 16.5. The van der Waals surface area contributed by atoms with Crippen LogP contribution in [0.5, 0.6) is 0 Å². The number of aliphatic hydroxyl groups excluding tert-OH is 1. The number of rotatable bonds is 9. The van der Waals surface area contributed by atoms with E-state index in [1.165, 1.54) is 16.7 Å². The van der Waals surface area contributed by atoms with Gasteiger partial charge < -0.3 is 10.0 Å². The van der Waals surface area contributed by atoms with Gasteiger partial charge in [-0.3, -0.25) is 4.90 Å². The van der Waals surface area contributed by atoms with E-state index in [2.05, 4.69) is 66.6 Å². The molecule has 0 radical (unpaired) electrons. The van der Waals surface area contributed by atoms with Crippen LogP contribution in [0.2, 0.25) is 0 Å². The Morgan fingerprint density at radius 2 is 1.76 bits per heavy atom. The number of aryl methyl sites for hydroxylation is 2. The van der Waals surface area contributed by atoms with Crippen LogP contribution in [0.25, 0.3) is 11.4 Å². The van der Waals surface area contributed by atoms with Gasteiger partial charge in [0.2, 0.25) is 0 Å². The van der Waals surface area contributed by atoms with Gasteiger partial charge in [-0.05, 0) is 32.3 Å². The lowest BCUT2D eigenvalue weighted by Crippen LogP contribution is -2.49. The molecule has 34 heavy (non-hydrogen) atoms. The molecule has 0 unspecified atom stereocenters. The summed E-state index contributed by atoms with van der Waals surface area (Å²) in [5.74, 6) is 1.82. The summed E-state index contributed by atoms with van der Waals surface area (Å²) in [4.78, 5) is 14.8. The summed E-state index contributed by atoms with van der Waals surface area (Å²) in [6.45, 7) is 12.3. The molecule has 5 heteroatoms. The third-order valence-corrected chi connectivity index (χ3v) is 6.53. The van der Waals surface area contributed by atoms with E-state index in [4.69, 9.17) is 9.97 Å². The Balaban J connectivity index is 1.59. The second-order valence-corrected chi connectivity index (χ2v) is 9.27. The number of hydrogen-bond acceptors (Lipinski definition) is 5. The Hall–Kier alpha value is -3.02. The highest BCUT2D eigenvalue weighted by Crippen LogP contribution is 2.28. The van der Waals surface area contributed by atoms with Gasteiger partial charge in [0.15, 0.2) is 5.82 Å². The zero-order valence-electron chi connectivity index (χ0n) is 20.5. The highest BCUT2D eigenvalue weighted by atomic mass is 16.3. The summed E-state index contributed by atoms with van der Waals surface area (Å²) in [5.41, 5.74) is 5.82. The molecule has 1 fully saturated rings. The largest absolute Gasteiger partial charge is 0.392 e. The monoisotopic (exact) mass is 456 g/mol. The van der Waals surface area contributed by atoms with Crippen LogP contribution in [0.3, 0.4) is 0 Å². The van der Waals surface area contributed by atoms with E-state index >= 15 is 0 Å². The Bertz CT molecular complexity index is 1090. The first-order valence-corrected chi connectivity index (χ1v) is 12.3. The summed E-state index contributed by atoms with van der Waals surface area (Å²) < 4.78 is 0. The number of aromatic nitrogens is 2. The van der Waals surface area contributed by atoms with E-state index in [1.54, 1.807) is 0 Å². The van der Waals surface area contributed by atoms with Gasteiger partial charge in [0.05, 0.1) is 6.10 Å². The number of anilines is 1. The van der Waals surface area contributed by atoms with E-state index in [-0.39, 0.29) is 6.10 Å². The number of aliphatic hydroxyl groups is 1. The zero-order valence-corrected chi connectivity index (χ0v) is 20.5. The molecule has 0 aliphatic carbocycles. The normalized spacial score (nSPS) is 15.3. The zero-order chi connectivity index (χ0) is 23.9. The first-order valence-electron chi connectivity index (χ1n) is 12.3. The molecule has 1 atom stereocenters. The molecule has 1 N–H and O–H groups in total. The smallest absolute Gasteiger partial charge is 0.161 e. The van der Waals surface area contributed by atoms with Gasteiger partial charge in [0, 0.05) is 56.0 Å². The number of allylic oxidation sites excluding steroid dienone is 1. The van der Waals surface area contributed by atoms with Gasteiger partial charge in [-0.15, -0.1) is 6.58 Å². The molecule has 5 nitrogen and oxygen atoms in total. The second-order valence-electron chi connectivity index (χ2n) is 9.27. The van der Waals surface area contributed by atoms with Crippen molar-refractivity contribution in [1.29, 1.82) is 0 Å². The van der Waals surface area contributed by atoms with Crippen molar-refractivity contribution >= 4 is 5.82 Å². The fourth-order valence-electron chi connectivity index (χ4n) is 4.63. The molecule has 2 aromatic carbocycles. The van der Waals surface area contributed by atoms with Gasteiger partial charge in [-0.25, -0.2) is 9.97 Å². The molecule has 2 heterocycles. The summed E-state index contributed by atoms with van der Waals surface area (Å²) in [6.07, 6.45) is 4.02. The Morgan fingerprint density at radius 1 is 1.00 bits per heavy atom. The molecular weight excluding hydrogens is 420 g/mol. The molecule has 0 spiro atoms. The van der Waals surface area contributed by atoms with Crippen LogP contribution in [-0.2, 0) is 6.42 Å². The Labute approximate surface area is 203 Å². The summed E-state index contributed by atoms with van der Waals surface area (Å²) in [5, 5.41) is 10.3. The van der Waals surface area contributed by atoms with E-state index in [0.29, 0.717) is 0 Å². The van der Waals surface area contributed by atoms with E-state index in [0.717, 1.165) is 74.9 Å². The van der Waals surface area contributed by atoms with Crippen molar-refractivity contribution in [3.63, 3.8) is 0 Å². The average molecular weight is 457 g/mol. The van der Waals surface area contributed by atoms with Crippen LogP contribution in [0, 0.1) is 13.8 Å². The van der Waals surface area contributed by atoms with Crippen LogP contribution >= 0.6 is 0 Å². The molecule has 1 aliphatic heterocycles. The van der Waals surface area contributed by atoms with Crippen LogP contribution in [0.15, 0.2) is 67.3 Å². The van der Waals surface area contributed by atoms with E-state index < -0.39 is 0 Å². The molecule has 1 aliphatic rings. The minimum Gasteiger partial charge on any atom is -0.392 e. The number of β-amino-alcohol motifs (C(OH)–C–C–N with tert-alkyl or cyclic N) is 1. The number of benzene rings is 2. The van der Waals surface area contributed by atoms with Crippen molar-refractivity contribution in [2.24, 2.45) is 0 Å². The van der Waals surface area contributed by atoms with Crippen LogP contribution in [0.4, 0.5) is 5.82 Å². The molecule has 4 rings (SSSR count). The molecule has 178 valence electrons. The van der Waals surface area contributed by atoms with Gasteiger partial charge in [-0.2, -0.15) is 0 Å². The summed E-state index contributed by atoms with van der Waals surface area (Å²) in [6, 6.07) is 18.9. The lowest BCUT2D eigenvalue weighted by Gasteiger charge is -2.37. The van der Waals surface area contributed by atoms with Crippen LogP contribution in [-0.4, -0.2) is 58.8 Å². The molecule has 1 aromatic heterocycles. The van der Waals surface area contributed by atoms with Crippen LogP contribution in [0.1, 0.15) is 35.2 Å². The van der Waals surface area contributed by atoms with Crippen molar-refractivity contribution in [3.8, 4) is 11.4 Å². The number of nitrogens with zero attached hydrogens (tertiary/aromatic N) is 4. The maximum absolute atomic E-state index is 10.3. The Kier molecular flexibility index (Phi) is 8.09. The minimum atomic E-state index is -0.299. The highest BCUT2D eigenvalue weighted by Gasteiger charge is 2.24. The third-order valence-electron chi connectivity index (χ3n) is 6.53. The van der Waals surface area contributed by atoms with Gasteiger partial charge in [-0.1, -0.05) is 66.2 Å². The molecular formula is C29H36N4O. The minimum absolute atomic E-state index is 0.299. The predicted molar refractivity (Wildman–Crippen MR) is 140 cm³/mol. The second kappa shape index (κ2) is 11.4. The number of piperazine rings is 1. The standard InChI is InChI=1S/C29H36N4O/c1-4-5-14-26(34)21-32-15-17-33(18-16-32)29-27(20-24-11-9-10-22(2)19-24)23(3)30-28(31-29)25-12-7-6-8-13-25/h4,6-13,19,26,34H,1,5,14-18,20-21H2,2-3H3/t26-/m1/s1. The van der Waals surface area contributed by atoms with E-state index in [9.17, 15) is 5.11 Å². The van der Waals surface area contributed by atoms with Crippen LogP contribution < -0.4 is 4.90 Å². The predicted octanol–water partition coefficient (Wildman–Crippen LogP) is 4.80. The van der Waals surface area contributed by atoms with Gasteiger partial charge in [0.25, 0.3) is 0 Å². The first kappa shape index (κ1) is 24.1.